The molecule has 0 aliphatic carbocycles. The van der Waals surface area contributed by atoms with Crippen LogP contribution in [0.5, 0.6) is 0 Å². The molecule has 0 aliphatic heterocycles. The fraction of sp³-hybridized carbons (Fsp3) is 0.105. The van der Waals surface area contributed by atoms with Crippen LogP contribution in [0.25, 0.3) is 5.69 Å². The summed E-state index contributed by atoms with van der Waals surface area (Å²) in [6.45, 7) is 1.74. The normalized spacial score (nSPS) is 11.8. The van der Waals surface area contributed by atoms with Gasteiger partial charge in [0.25, 0.3) is 5.91 Å². The minimum absolute atomic E-state index is 0.315. The van der Waals surface area contributed by atoms with Gasteiger partial charge in [-0.2, -0.15) is 5.10 Å². The van der Waals surface area contributed by atoms with Gasteiger partial charge in [0.15, 0.2) is 0 Å². The number of aromatic nitrogens is 2. The maximum Gasteiger partial charge on any atom is 0.255 e. The van der Waals surface area contributed by atoms with Gasteiger partial charge in [0, 0.05) is 5.02 Å². The van der Waals surface area contributed by atoms with Crippen LogP contribution in [0.15, 0.2) is 54.7 Å². The summed E-state index contributed by atoms with van der Waals surface area (Å²) >= 11 is 12.1. The van der Waals surface area contributed by atoms with Crippen molar-refractivity contribution in [2.45, 2.75) is 13.0 Å². The molecular weight excluding hydrogens is 387 g/mol. The minimum Gasteiger partial charge on any atom is -0.368 e. The Bertz CT molecular complexity index is 999. The van der Waals surface area contributed by atoms with Gasteiger partial charge in [-0.3, -0.25) is 9.59 Å². The van der Waals surface area contributed by atoms with Crippen LogP contribution < -0.4 is 11.1 Å². The first kappa shape index (κ1) is 18.9. The van der Waals surface area contributed by atoms with E-state index in [1.807, 2.05) is 12.1 Å². The van der Waals surface area contributed by atoms with Crippen molar-refractivity contribution in [3.05, 3.63) is 81.6 Å². The fourth-order valence-corrected chi connectivity index (χ4v) is 3.02. The third kappa shape index (κ3) is 3.97. The fourth-order valence-electron chi connectivity index (χ4n) is 2.68. The molecule has 1 atom stereocenters. The van der Waals surface area contributed by atoms with Crippen molar-refractivity contribution in [2.24, 2.45) is 5.73 Å². The lowest BCUT2D eigenvalue weighted by molar-refractivity contribution is -0.120. The highest BCUT2D eigenvalue weighted by Gasteiger charge is 2.23. The van der Waals surface area contributed by atoms with E-state index in [-0.39, 0.29) is 0 Å². The summed E-state index contributed by atoms with van der Waals surface area (Å²) in [5, 5.41) is 7.91. The number of nitrogens with zero attached hydrogens (tertiary/aromatic N) is 2. The second-order valence-corrected chi connectivity index (χ2v) is 6.71. The van der Waals surface area contributed by atoms with Gasteiger partial charge < -0.3 is 11.1 Å². The highest BCUT2D eigenvalue weighted by Crippen LogP contribution is 2.23. The van der Waals surface area contributed by atoms with E-state index in [1.165, 1.54) is 6.20 Å². The van der Waals surface area contributed by atoms with Crippen LogP contribution in [0.1, 0.15) is 27.7 Å². The Labute approximate surface area is 165 Å². The Morgan fingerprint density at radius 3 is 2.41 bits per heavy atom. The molecule has 3 aromatic rings. The number of primary amides is 1. The van der Waals surface area contributed by atoms with Crippen molar-refractivity contribution < 1.29 is 9.59 Å². The number of carbonyl (C=O) groups is 2. The number of nitrogens with two attached hydrogens (primary N) is 1. The first-order chi connectivity index (χ1) is 12.9. The molecule has 3 rings (SSSR count). The van der Waals surface area contributed by atoms with E-state index in [1.54, 1.807) is 48.0 Å². The van der Waals surface area contributed by atoms with Crippen LogP contribution in [-0.4, -0.2) is 21.6 Å². The molecule has 0 fully saturated rings. The van der Waals surface area contributed by atoms with Crippen molar-refractivity contribution in [2.75, 3.05) is 0 Å². The van der Waals surface area contributed by atoms with Gasteiger partial charge in [0.2, 0.25) is 5.91 Å². The van der Waals surface area contributed by atoms with Gasteiger partial charge in [-0.05, 0) is 36.8 Å². The molecular formula is C19H16Cl2N4O2. The van der Waals surface area contributed by atoms with Gasteiger partial charge in [-0.25, -0.2) is 4.68 Å². The average Bonchev–Trinajstić information content (AvgIpc) is 3.02. The monoisotopic (exact) mass is 402 g/mol. The molecule has 0 spiro atoms. The van der Waals surface area contributed by atoms with E-state index >= 15 is 0 Å². The second-order valence-electron chi connectivity index (χ2n) is 5.87. The summed E-state index contributed by atoms with van der Waals surface area (Å²) in [5.41, 5.74) is 7.55. The predicted molar refractivity (Wildman–Crippen MR) is 104 cm³/mol. The maximum atomic E-state index is 12.7. The van der Waals surface area contributed by atoms with Crippen LogP contribution in [-0.2, 0) is 4.79 Å². The van der Waals surface area contributed by atoms with Crippen molar-refractivity contribution in [1.82, 2.24) is 15.1 Å². The van der Waals surface area contributed by atoms with Crippen LogP contribution in [0, 0.1) is 6.92 Å². The smallest absolute Gasteiger partial charge is 0.255 e. The van der Waals surface area contributed by atoms with Crippen LogP contribution in [0.4, 0.5) is 0 Å². The Morgan fingerprint density at radius 1 is 1.11 bits per heavy atom. The molecule has 0 aliphatic rings. The molecule has 1 unspecified atom stereocenters. The number of hydrogen-bond acceptors (Lipinski definition) is 3. The number of carbonyl (C=O) groups excluding carboxylic acids is 2. The quantitative estimate of drug-likeness (QED) is 0.684. The molecule has 138 valence electrons. The Kier molecular flexibility index (Phi) is 5.48. The summed E-state index contributed by atoms with van der Waals surface area (Å²) in [6, 6.07) is 12.7. The van der Waals surface area contributed by atoms with E-state index in [0.717, 1.165) is 0 Å². The third-order valence-electron chi connectivity index (χ3n) is 4.10. The number of rotatable bonds is 5. The molecule has 1 aromatic heterocycles. The van der Waals surface area contributed by atoms with Crippen molar-refractivity contribution in [3.63, 3.8) is 0 Å². The zero-order valence-electron chi connectivity index (χ0n) is 14.3. The highest BCUT2D eigenvalue weighted by molar-refractivity contribution is 6.32. The van der Waals surface area contributed by atoms with Gasteiger partial charge in [-0.1, -0.05) is 47.5 Å². The lowest BCUT2D eigenvalue weighted by atomic mass is 10.1. The number of halogens is 2. The van der Waals surface area contributed by atoms with Crippen molar-refractivity contribution in [3.8, 4) is 5.69 Å². The maximum absolute atomic E-state index is 12.7. The lowest BCUT2D eigenvalue weighted by Gasteiger charge is -2.16. The average molecular weight is 403 g/mol. The molecule has 27 heavy (non-hydrogen) atoms. The molecule has 0 saturated carbocycles. The molecule has 2 aromatic carbocycles. The minimum atomic E-state index is -0.988. The van der Waals surface area contributed by atoms with Crippen LogP contribution >= 0.6 is 23.2 Å². The van der Waals surface area contributed by atoms with E-state index < -0.39 is 17.9 Å². The molecule has 6 nitrogen and oxygen atoms in total. The molecule has 0 bridgehead atoms. The zero-order valence-corrected chi connectivity index (χ0v) is 15.8. The first-order valence-electron chi connectivity index (χ1n) is 8.03. The summed E-state index contributed by atoms with van der Waals surface area (Å²) < 4.78 is 1.57. The third-order valence-corrected chi connectivity index (χ3v) is 4.67. The van der Waals surface area contributed by atoms with Gasteiger partial charge in [-0.15, -0.1) is 0 Å². The van der Waals surface area contributed by atoms with E-state index in [9.17, 15) is 9.59 Å². The molecule has 1 heterocycles. The molecule has 0 saturated heterocycles. The topological polar surface area (TPSA) is 90.0 Å². The van der Waals surface area contributed by atoms with Crippen LogP contribution in [0.2, 0.25) is 10.0 Å². The molecule has 3 N–H and O–H groups in total. The summed E-state index contributed by atoms with van der Waals surface area (Å²) in [4.78, 5) is 24.6. The van der Waals surface area contributed by atoms with Crippen molar-refractivity contribution >= 4 is 35.0 Å². The first-order valence-corrected chi connectivity index (χ1v) is 8.79. The Balaban J connectivity index is 1.88. The Hall–Kier alpha value is -2.83. The zero-order chi connectivity index (χ0) is 19.6. The van der Waals surface area contributed by atoms with E-state index in [4.69, 9.17) is 28.9 Å². The largest absolute Gasteiger partial charge is 0.368 e. The van der Waals surface area contributed by atoms with Gasteiger partial charge >= 0.3 is 0 Å². The lowest BCUT2D eigenvalue weighted by Crippen LogP contribution is -2.37. The number of hydrogen-bond donors (Lipinski definition) is 2. The van der Waals surface area contributed by atoms with E-state index in [2.05, 4.69) is 10.4 Å². The standard InChI is InChI=1S/C19H16Cl2N4O2/c1-11-14(10-23-25(11)16-5-3-2-4-15(16)21)19(27)24-17(18(22)26)12-6-8-13(20)9-7-12/h2-10,17H,1H3,(H2,22,26)(H,24,27). The van der Waals surface area contributed by atoms with Gasteiger partial charge in [0.05, 0.1) is 28.2 Å². The van der Waals surface area contributed by atoms with E-state index in [0.29, 0.717) is 32.6 Å². The summed E-state index contributed by atoms with van der Waals surface area (Å²) in [7, 11) is 0. The van der Waals surface area contributed by atoms with Crippen molar-refractivity contribution in [1.29, 1.82) is 0 Å². The number of para-hydroxylation sites is 1. The molecule has 0 radical (unpaired) electrons. The molecule has 8 heteroatoms. The summed E-state index contributed by atoms with van der Waals surface area (Å²) in [5.74, 6) is -1.15. The SMILES string of the molecule is Cc1c(C(=O)NC(C(N)=O)c2ccc(Cl)cc2)cnn1-c1ccccc1Cl. The van der Waals surface area contributed by atoms with Gasteiger partial charge in [0.1, 0.15) is 6.04 Å². The molecule has 2 amide bonds. The number of nitrogens with one attached hydrogen (secondary N) is 1. The van der Waals surface area contributed by atoms with Crippen LogP contribution in [0.3, 0.4) is 0 Å². The Morgan fingerprint density at radius 2 is 1.78 bits per heavy atom. The number of amides is 2. The summed E-state index contributed by atoms with van der Waals surface area (Å²) in [6.07, 6.45) is 1.42. The number of benzene rings is 2. The predicted octanol–water partition coefficient (Wildman–Crippen LogP) is 3.44. The highest BCUT2D eigenvalue weighted by atomic mass is 35.5. The second kappa shape index (κ2) is 7.82.